The fourth-order valence-electron chi connectivity index (χ4n) is 1.43. The SMILES string of the molecule is BrC1CNNC1c1ccccc1. The first-order valence-electron chi connectivity index (χ1n) is 4.05. The highest BCUT2D eigenvalue weighted by Crippen LogP contribution is 2.24. The van der Waals surface area contributed by atoms with E-state index in [1.807, 2.05) is 6.07 Å². The molecule has 12 heavy (non-hydrogen) atoms. The van der Waals surface area contributed by atoms with E-state index in [9.17, 15) is 0 Å². The van der Waals surface area contributed by atoms with Crippen molar-refractivity contribution in [3.63, 3.8) is 0 Å². The van der Waals surface area contributed by atoms with E-state index in [1.165, 1.54) is 5.56 Å². The van der Waals surface area contributed by atoms with Gasteiger partial charge in [-0.1, -0.05) is 46.3 Å². The minimum atomic E-state index is 0.395. The lowest BCUT2D eigenvalue weighted by atomic mass is 10.1. The first kappa shape index (κ1) is 8.23. The average Bonchev–Trinajstić information content (AvgIpc) is 2.53. The number of hydrogen-bond donors (Lipinski definition) is 2. The van der Waals surface area contributed by atoms with Crippen LogP contribution in [0.5, 0.6) is 0 Å². The zero-order valence-electron chi connectivity index (χ0n) is 6.63. The fraction of sp³-hybridized carbons (Fsp3) is 0.333. The van der Waals surface area contributed by atoms with E-state index in [0.717, 1.165) is 6.54 Å². The maximum Gasteiger partial charge on any atom is 0.0600 e. The van der Waals surface area contributed by atoms with Crippen LogP contribution >= 0.6 is 15.9 Å². The van der Waals surface area contributed by atoms with Gasteiger partial charge in [0.1, 0.15) is 0 Å². The quantitative estimate of drug-likeness (QED) is 0.712. The molecule has 0 spiro atoms. The number of rotatable bonds is 1. The topological polar surface area (TPSA) is 24.1 Å². The van der Waals surface area contributed by atoms with E-state index < -0.39 is 0 Å². The Morgan fingerprint density at radius 3 is 2.58 bits per heavy atom. The molecule has 2 N–H and O–H groups in total. The molecule has 0 aromatic heterocycles. The number of benzene rings is 1. The average molecular weight is 227 g/mol. The molecule has 1 heterocycles. The van der Waals surface area contributed by atoms with E-state index in [2.05, 4.69) is 51.0 Å². The van der Waals surface area contributed by atoms with Crippen molar-refractivity contribution >= 4 is 15.9 Å². The maximum absolute atomic E-state index is 3.62. The fourth-order valence-corrected chi connectivity index (χ4v) is 2.03. The first-order valence-corrected chi connectivity index (χ1v) is 4.97. The molecule has 1 aliphatic rings. The molecule has 1 saturated heterocycles. The zero-order valence-corrected chi connectivity index (χ0v) is 8.21. The summed E-state index contributed by atoms with van der Waals surface area (Å²) in [5.74, 6) is 0. The molecule has 0 saturated carbocycles. The molecule has 64 valence electrons. The molecule has 0 radical (unpaired) electrons. The highest BCUT2D eigenvalue weighted by molar-refractivity contribution is 9.09. The summed E-state index contributed by atoms with van der Waals surface area (Å²) in [4.78, 5) is 0.486. The Morgan fingerprint density at radius 1 is 1.25 bits per heavy atom. The van der Waals surface area contributed by atoms with Crippen molar-refractivity contribution in [1.82, 2.24) is 10.9 Å². The maximum atomic E-state index is 3.62. The van der Waals surface area contributed by atoms with Gasteiger partial charge in [-0.25, -0.2) is 5.43 Å². The van der Waals surface area contributed by atoms with Crippen molar-refractivity contribution in [1.29, 1.82) is 0 Å². The Kier molecular flexibility index (Phi) is 2.44. The van der Waals surface area contributed by atoms with Gasteiger partial charge in [0, 0.05) is 11.4 Å². The Balaban J connectivity index is 2.19. The van der Waals surface area contributed by atoms with Crippen LogP contribution in [0.15, 0.2) is 30.3 Å². The van der Waals surface area contributed by atoms with Gasteiger partial charge in [-0.05, 0) is 5.56 Å². The van der Waals surface area contributed by atoms with Gasteiger partial charge in [0.2, 0.25) is 0 Å². The van der Waals surface area contributed by atoms with E-state index in [1.54, 1.807) is 0 Å². The molecule has 1 aliphatic heterocycles. The summed E-state index contributed by atoms with van der Waals surface area (Å²) in [6.07, 6.45) is 0. The van der Waals surface area contributed by atoms with E-state index in [4.69, 9.17) is 0 Å². The minimum Gasteiger partial charge on any atom is -0.256 e. The van der Waals surface area contributed by atoms with Crippen LogP contribution in [0, 0.1) is 0 Å². The van der Waals surface area contributed by atoms with Gasteiger partial charge >= 0.3 is 0 Å². The Labute approximate surface area is 80.5 Å². The van der Waals surface area contributed by atoms with Gasteiger partial charge in [-0.3, -0.25) is 5.43 Å². The number of halogens is 1. The van der Waals surface area contributed by atoms with Crippen LogP contribution < -0.4 is 10.9 Å². The Bertz CT molecular complexity index is 250. The Morgan fingerprint density at radius 2 is 2.00 bits per heavy atom. The molecule has 2 rings (SSSR count). The summed E-state index contributed by atoms with van der Waals surface area (Å²) >= 11 is 3.62. The number of nitrogens with one attached hydrogen (secondary N) is 2. The van der Waals surface area contributed by atoms with Crippen LogP contribution in [0.2, 0.25) is 0 Å². The third-order valence-electron chi connectivity index (χ3n) is 2.08. The predicted octanol–water partition coefficient (Wildman–Crippen LogP) is 1.60. The lowest BCUT2D eigenvalue weighted by Gasteiger charge is -2.12. The molecular formula is C9H11BrN2. The van der Waals surface area contributed by atoms with Gasteiger partial charge in [-0.2, -0.15) is 0 Å². The van der Waals surface area contributed by atoms with Crippen LogP contribution in [0.1, 0.15) is 11.6 Å². The highest BCUT2D eigenvalue weighted by Gasteiger charge is 2.24. The van der Waals surface area contributed by atoms with Gasteiger partial charge in [-0.15, -0.1) is 0 Å². The molecule has 2 nitrogen and oxygen atoms in total. The third kappa shape index (κ3) is 1.53. The summed E-state index contributed by atoms with van der Waals surface area (Å²) in [5, 5.41) is 0. The number of hydrogen-bond acceptors (Lipinski definition) is 2. The minimum absolute atomic E-state index is 0.395. The van der Waals surface area contributed by atoms with E-state index in [0.29, 0.717) is 10.9 Å². The summed E-state index contributed by atoms with van der Waals surface area (Å²) in [6.45, 7) is 0.972. The van der Waals surface area contributed by atoms with Gasteiger partial charge < -0.3 is 0 Å². The molecule has 2 unspecified atom stereocenters. The summed E-state index contributed by atoms with van der Waals surface area (Å²) in [6, 6.07) is 10.8. The summed E-state index contributed by atoms with van der Waals surface area (Å²) in [7, 11) is 0. The van der Waals surface area contributed by atoms with Crippen molar-refractivity contribution < 1.29 is 0 Å². The molecule has 0 aliphatic carbocycles. The van der Waals surface area contributed by atoms with Crippen LogP contribution in [-0.4, -0.2) is 11.4 Å². The monoisotopic (exact) mass is 226 g/mol. The third-order valence-corrected chi connectivity index (χ3v) is 2.93. The van der Waals surface area contributed by atoms with Crippen molar-refractivity contribution in [2.75, 3.05) is 6.54 Å². The lowest BCUT2D eigenvalue weighted by Crippen LogP contribution is -2.24. The first-order chi connectivity index (χ1) is 5.88. The van der Waals surface area contributed by atoms with Crippen molar-refractivity contribution in [2.45, 2.75) is 10.9 Å². The van der Waals surface area contributed by atoms with Crippen molar-refractivity contribution in [2.24, 2.45) is 0 Å². The van der Waals surface area contributed by atoms with Crippen LogP contribution in [-0.2, 0) is 0 Å². The second-order valence-corrected chi connectivity index (χ2v) is 4.11. The summed E-state index contributed by atoms with van der Waals surface area (Å²) < 4.78 is 0. The normalized spacial score (nSPS) is 29.1. The number of alkyl halides is 1. The predicted molar refractivity (Wildman–Crippen MR) is 53.0 cm³/mol. The smallest absolute Gasteiger partial charge is 0.0600 e. The molecule has 2 atom stereocenters. The standard InChI is InChI=1S/C9H11BrN2/c10-8-6-11-12-9(8)7-4-2-1-3-5-7/h1-5,8-9,11-12H,6H2. The largest absolute Gasteiger partial charge is 0.256 e. The molecule has 1 aromatic carbocycles. The summed E-state index contributed by atoms with van der Waals surface area (Å²) in [5.41, 5.74) is 7.67. The van der Waals surface area contributed by atoms with Crippen LogP contribution in [0.4, 0.5) is 0 Å². The molecule has 1 aromatic rings. The molecule has 0 bridgehead atoms. The lowest BCUT2D eigenvalue weighted by molar-refractivity contribution is 0.585. The van der Waals surface area contributed by atoms with Gasteiger partial charge in [0.15, 0.2) is 0 Å². The highest BCUT2D eigenvalue weighted by atomic mass is 79.9. The molecule has 0 amide bonds. The number of hydrazine groups is 1. The second kappa shape index (κ2) is 3.56. The van der Waals surface area contributed by atoms with Crippen LogP contribution in [0.25, 0.3) is 0 Å². The van der Waals surface area contributed by atoms with Gasteiger partial charge in [0.25, 0.3) is 0 Å². The van der Waals surface area contributed by atoms with E-state index in [-0.39, 0.29) is 0 Å². The zero-order chi connectivity index (χ0) is 8.39. The second-order valence-electron chi connectivity index (χ2n) is 2.93. The Hall–Kier alpha value is -0.380. The van der Waals surface area contributed by atoms with Crippen molar-refractivity contribution in [3.8, 4) is 0 Å². The molecular weight excluding hydrogens is 216 g/mol. The van der Waals surface area contributed by atoms with Crippen LogP contribution in [0.3, 0.4) is 0 Å². The molecule has 1 fully saturated rings. The van der Waals surface area contributed by atoms with Crippen molar-refractivity contribution in [3.05, 3.63) is 35.9 Å². The molecule has 3 heteroatoms. The van der Waals surface area contributed by atoms with Gasteiger partial charge in [0.05, 0.1) is 6.04 Å². The van der Waals surface area contributed by atoms with E-state index >= 15 is 0 Å².